The Bertz CT molecular complexity index is 641. The van der Waals surface area contributed by atoms with Gasteiger partial charge in [-0.1, -0.05) is 44.7 Å². The lowest BCUT2D eigenvalue weighted by Crippen LogP contribution is -2.14. The average molecular weight is 373 g/mol. The number of benzene rings is 1. The van der Waals surface area contributed by atoms with Gasteiger partial charge < -0.3 is 10.2 Å². The number of hydrogen-bond acceptors (Lipinski definition) is 2. The van der Waals surface area contributed by atoms with Crippen LogP contribution < -0.4 is 0 Å². The minimum absolute atomic E-state index is 0.391. The molecule has 0 unspecified atom stereocenters. The van der Waals surface area contributed by atoms with Gasteiger partial charge in [0, 0.05) is 0 Å². The topological polar surface area (TPSA) is 57.5 Å². The number of aryl methyl sites for hydroxylation is 1. The molecule has 3 nitrogen and oxygen atoms in total. The van der Waals surface area contributed by atoms with Crippen molar-refractivity contribution in [3.05, 3.63) is 29.3 Å². The summed E-state index contributed by atoms with van der Waals surface area (Å²) < 4.78 is 0. The number of unbranched alkanes of at least 4 members (excludes halogenated alkanes) is 4. The van der Waals surface area contributed by atoms with E-state index >= 15 is 0 Å². The van der Waals surface area contributed by atoms with Crippen molar-refractivity contribution in [1.82, 2.24) is 0 Å². The first kappa shape index (κ1) is 20.2. The first-order valence-electron chi connectivity index (χ1n) is 11.0. The molecule has 0 radical (unpaired) electrons. The fraction of sp³-hybridized carbons (Fsp3) is 0.708. The Morgan fingerprint density at radius 1 is 0.926 bits per heavy atom. The van der Waals surface area contributed by atoms with Crippen LogP contribution >= 0.6 is 0 Å². The number of phenols is 1. The van der Waals surface area contributed by atoms with E-state index in [9.17, 15) is 15.0 Å². The molecule has 1 aromatic rings. The van der Waals surface area contributed by atoms with Crippen LogP contribution in [0.25, 0.3) is 0 Å². The molecule has 0 heterocycles. The van der Waals surface area contributed by atoms with Gasteiger partial charge in [-0.2, -0.15) is 0 Å². The molecule has 2 N–H and O–H groups in total. The Labute approximate surface area is 164 Å². The van der Waals surface area contributed by atoms with Gasteiger partial charge in [0.25, 0.3) is 0 Å². The first-order chi connectivity index (χ1) is 12.9. The van der Waals surface area contributed by atoms with Gasteiger partial charge in [-0.15, -0.1) is 0 Å². The quantitative estimate of drug-likeness (QED) is 0.402. The Hall–Kier alpha value is -1.51. The lowest BCUT2D eigenvalue weighted by Gasteiger charge is -2.13. The number of aromatic hydroxyl groups is 1. The van der Waals surface area contributed by atoms with Crippen LogP contribution in [0.15, 0.2) is 18.2 Å². The molecule has 27 heavy (non-hydrogen) atoms. The lowest BCUT2D eigenvalue weighted by molar-refractivity contribution is -0.143. The standard InChI is InChI=1S/C24H36O3/c1-23(15-16-23)13-6-2-4-9-19-10-8-12-21(25)20(19)11-5-3-7-14-24(17-18-24)22(26)27/h8,10,12,25H,2-7,9,11,13-18H2,1H3,(H,26,27). The predicted octanol–water partition coefficient (Wildman–Crippen LogP) is 6.26. The number of hydrogen-bond donors (Lipinski definition) is 2. The molecular formula is C24H36O3. The molecule has 3 rings (SSSR count). The zero-order valence-corrected chi connectivity index (χ0v) is 16.9. The summed E-state index contributed by atoms with van der Waals surface area (Å²) in [6.45, 7) is 2.40. The van der Waals surface area contributed by atoms with E-state index in [1.54, 1.807) is 6.07 Å². The van der Waals surface area contributed by atoms with Crippen LogP contribution in [-0.2, 0) is 17.6 Å². The third-order valence-electron chi connectivity index (χ3n) is 6.97. The van der Waals surface area contributed by atoms with E-state index < -0.39 is 11.4 Å². The van der Waals surface area contributed by atoms with E-state index in [1.165, 1.54) is 44.1 Å². The van der Waals surface area contributed by atoms with Crippen molar-refractivity contribution in [1.29, 1.82) is 0 Å². The summed E-state index contributed by atoms with van der Waals surface area (Å²) in [5.74, 6) is -0.177. The van der Waals surface area contributed by atoms with Gasteiger partial charge in [0.15, 0.2) is 0 Å². The van der Waals surface area contributed by atoms with Gasteiger partial charge in [-0.3, -0.25) is 4.79 Å². The van der Waals surface area contributed by atoms with Crippen LogP contribution in [-0.4, -0.2) is 16.2 Å². The smallest absolute Gasteiger partial charge is 0.309 e. The highest BCUT2D eigenvalue weighted by atomic mass is 16.4. The summed E-state index contributed by atoms with van der Waals surface area (Å²) >= 11 is 0. The van der Waals surface area contributed by atoms with Gasteiger partial charge in [-0.25, -0.2) is 0 Å². The Kier molecular flexibility index (Phi) is 6.49. The third-order valence-corrected chi connectivity index (χ3v) is 6.97. The van der Waals surface area contributed by atoms with Crippen molar-refractivity contribution < 1.29 is 15.0 Å². The molecule has 1 aromatic carbocycles. The van der Waals surface area contributed by atoms with Gasteiger partial charge in [0.2, 0.25) is 0 Å². The molecular weight excluding hydrogens is 336 g/mol. The second-order valence-electron chi connectivity index (χ2n) is 9.43. The number of phenolic OH excluding ortho intramolecular Hbond substituents is 1. The summed E-state index contributed by atoms with van der Waals surface area (Å²) in [5, 5.41) is 19.5. The van der Waals surface area contributed by atoms with Gasteiger partial charge in [0.1, 0.15) is 5.75 Å². The average Bonchev–Trinajstić information content (AvgIpc) is 3.54. The van der Waals surface area contributed by atoms with Crippen molar-refractivity contribution in [3.63, 3.8) is 0 Å². The van der Waals surface area contributed by atoms with Crippen LogP contribution in [0.4, 0.5) is 0 Å². The third kappa shape index (κ3) is 5.73. The maximum Gasteiger partial charge on any atom is 0.309 e. The number of rotatable bonds is 13. The lowest BCUT2D eigenvalue weighted by atomic mass is 9.93. The van der Waals surface area contributed by atoms with Gasteiger partial charge in [0.05, 0.1) is 5.41 Å². The normalized spacial score (nSPS) is 19.0. The first-order valence-corrected chi connectivity index (χ1v) is 11.0. The highest BCUT2D eigenvalue weighted by Crippen LogP contribution is 2.50. The molecule has 0 saturated heterocycles. The summed E-state index contributed by atoms with van der Waals surface area (Å²) in [7, 11) is 0. The van der Waals surface area contributed by atoms with E-state index in [0.717, 1.165) is 56.9 Å². The minimum Gasteiger partial charge on any atom is -0.508 e. The molecule has 0 atom stereocenters. The maximum absolute atomic E-state index is 11.2. The number of carbonyl (C=O) groups is 1. The zero-order chi connectivity index (χ0) is 19.3. The fourth-order valence-corrected chi connectivity index (χ4v) is 4.31. The fourth-order valence-electron chi connectivity index (χ4n) is 4.31. The van der Waals surface area contributed by atoms with E-state index in [1.807, 2.05) is 6.07 Å². The maximum atomic E-state index is 11.2. The Balaban J connectivity index is 1.37. The van der Waals surface area contributed by atoms with E-state index in [0.29, 0.717) is 11.2 Å². The molecule has 2 aliphatic carbocycles. The zero-order valence-electron chi connectivity index (χ0n) is 16.9. The predicted molar refractivity (Wildman–Crippen MR) is 109 cm³/mol. The van der Waals surface area contributed by atoms with E-state index in [-0.39, 0.29) is 0 Å². The number of aliphatic carboxylic acids is 1. The highest BCUT2D eigenvalue weighted by molar-refractivity contribution is 5.77. The van der Waals surface area contributed by atoms with Crippen LogP contribution in [0.5, 0.6) is 5.75 Å². The second-order valence-corrected chi connectivity index (χ2v) is 9.43. The molecule has 0 spiro atoms. The molecule has 0 bridgehead atoms. The van der Waals surface area contributed by atoms with Gasteiger partial charge >= 0.3 is 5.97 Å². The van der Waals surface area contributed by atoms with E-state index in [4.69, 9.17) is 0 Å². The van der Waals surface area contributed by atoms with Crippen molar-refractivity contribution >= 4 is 5.97 Å². The monoisotopic (exact) mass is 372 g/mol. The molecule has 0 aliphatic heterocycles. The molecule has 2 saturated carbocycles. The second kappa shape index (κ2) is 8.67. The molecule has 150 valence electrons. The van der Waals surface area contributed by atoms with Crippen LogP contribution in [0.2, 0.25) is 0 Å². The van der Waals surface area contributed by atoms with Crippen LogP contribution in [0.3, 0.4) is 0 Å². The van der Waals surface area contributed by atoms with Crippen molar-refractivity contribution in [3.8, 4) is 5.75 Å². The number of carboxylic acid groups (broad SMARTS) is 1. The largest absolute Gasteiger partial charge is 0.508 e. The van der Waals surface area contributed by atoms with E-state index in [2.05, 4.69) is 13.0 Å². The molecule has 2 aliphatic rings. The van der Waals surface area contributed by atoms with Crippen molar-refractivity contribution in [2.45, 2.75) is 96.8 Å². The Morgan fingerprint density at radius 2 is 1.59 bits per heavy atom. The Morgan fingerprint density at radius 3 is 2.22 bits per heavy atom. The highest BCUT2D eigenvalue weighted by Gasteiger charge is 2.49. The van der Waals surface area contributed by atoms with Crippen LogP contribution in [0, 0.1) is 10.8 Å². The van der Waals surface area contributed by atoms with Crippen molar-refractivity contribution in [2.75, 3.05) is 0 Å². The molecule has 3 heteroatoms. The van der Waals surface area contributed by atoms with Crippen LogP contribution in [0.1, 0.15) is 95.1 Å². The molecule has 0 aromatic heterocycles. The van der Waals surface area contributed by atoms with Gasteiger partial charge in [-0.05, 0) is 86.8 Å². The minimum atomic E-state index is -0.610. The SMILES string of the molecule is CC1(CCCCCc2cccc(O)c2CCCCCC2(C(=O)O)CC2)CC1. The summed E-state index contributed by atoms with van der Waals surface area (Å²) in [5.41, 5.74) is 2.69. The molecule has 2 fully saturated rings. The summed E-state index contributed by atoms with van der Waals surface area (Å²) in [4.78, 5) is 11.2. The summed E-state index contributed by atoms with van der Waals surface area (Å²) in [6.07, 6.45) is 15.5. The molecule has 0 amide bonds. The number of carboxylic acids is 1. The summed E-state index contributed by atoms with van der Waals surface area (Å²) in [6, 6.07) is 5.93. The van der Waals surface area contributed by atoms with Crippen molar-refractivity contribution in [2.24, 2.45) is 10.8 Å².